The lowest BCUT2D eigenvalue weighted by atomic mass is 9.84. The van der Waals surface area contributed by atoms with Crippen molar-refractivity contribution in [2.24, 2.45) is 13.0 Å². The molecule has 1 N–H and O–H groups in total. The number of hydrogen-bond acceptors (Lipinski definition) is 3. The summed E-state index contributed by atoms with van der Waals surface area (Å²) in [6, 6.07) is 1.72. The van der Waals surface area contributed by atoms with Crippen molar-refractivity contribution in [3.8, 4) is 0 Å². The van der Waals surface area contributed by atoms with Crippen LogP contribution in [0.5, 0.6) is 0 Å². The summed E-state index contributed by atoms with van der Waals surface area (Å²) in [5.41, 5.74) is 0.415. The van der Waals surface area contributed by atoms with Crippen LogP contribution in [-0.4, -0.2) is 42.3 Å². The quantitative estimate of drug-likeness (QED) is 0.852. The average molecular weight is 382 g/mol. The lowest BCUT2D eigenvalue weighted by molar-refractivity contribution is 0.0913. The molecule has 7 heteroatoms. The Kier molecular flexibility index (Phi) is 6.07. The lowest BCUT2D eigenvalue weighted by Gasteiger charge is -2.28. The van der Waals surface area contributed by atoms with Crippen molar-refractivity contribution in [3.05, 3.63) is 18.0 Å². The minimum atomic E-state index is -3.51. The molecule has 2 aliphatic rings. The van der Waals surface area contributed by atoms with E-state index in [4.69, 9.17) is 0 Å². The topological polar surface area (TPSA) is 71.4 Å². The van der Waals surface area contributed by atoms with Crippen LogP contribution in [0.3, 0.4) is 0 Å². The second-order valence-electron chi connectivity index (χ2n) is 7.74. The van der Waals surface area contributed by atoms with Crippen LogP contribution >= 0.6 is 0 Å². The van der Waals surface area contributed by atoms with Gasteiger partial charge in [-0.25, -0.2) is 8.42 Å². The minimum Gasteiger partial charge on any atom is -0.348 e. The van der Waals surface area contributed by atoms with Crippen LogP contribution in [0.25, 0.3) is 0 Å². The second kappa shape index (κ2) is 8.13. The third-order valence-corrected chi connectivity index (χ3v) is 7.79. The molecule has 1 aromatic heterocycles. The number of carbonyl (C=O) groups excluding carboxylic acids is 1. The number of carbonyl (C=O) groups is 1. The van der Waals surface area contributed by atoms with Gasteiger partial charge in [0.25, 0.3) is 5.91 Å². The minimum absolute atomic E-state index is 0.174. The maximum atomic E-state index is 12.8. The summed E-state index contributed by atoms with van der Waals surface area (Å²) < 4.78 is 28.8. The van der Waals surface area contributed by atoms with Crippen LogP contribution in [0.2, 0.25) is 0 Å². The molecule has 0 spiro atoms. The zero-order valence-corrected chi connectivity index (χ0v) is 16.7. The van der Waals surface area contributed by atoms with Gasteiger partial charge in [0, 0.05) is 32.4 Å². The number of hydrogen-bond donors (Lipinski definition) is 1. The van der Waals surface area contributed by atoms with Gasteiger partial charge in [0.15, 0.2) is 0 Å². The zero-order chi connectivity index (χ0) is 18.7. The molecule has 0 unspecified atom stereocenters. The first-order valence-corrected chi connectivity index (χ1v) is 11.3. The van der Waals surface area contributed by atoms with E-state index in [0.717, 1.165) is 50.9 Å². The van der Waals surface area contributed by atoms with Gasteiger partial charge < -0.3 is 9.88 Å². The molecule has 1 saturated heterocycles. The summed E-state index contributed by atoms with van der Waals surface area (Å²) in [6.45, 7) is 3.36. The van der Waals surface area contributed by atoms with Crippen molar-refractivity contribution < 1.29 is 13.2 Å². The third-order valence-electron chi connectivity index (χ3n) is 5.92. The largest absolute Gasteiger partial charge is 0.348 e. The van der Waals surface area contributed by atoms with E-state index in [9.17, 15) is 13.2 Å². The molecule has 0 aromatic carbocycles. The second-order valence-corrected chi connectivity index (χ2v) is 9.67. The molecule has 1 amide bonds. The summed E-state index contributed by atoms with van der Waals surface area (Å²) in [7, 11) is -1.77. The Labute approximate surface area is 157 Å². The molecule has 0 atom stereocenters. The highest BCUT2D eigenvalue weighted by molar-refractivity contribution is 7.89. The van der Waals surface area contributed by atoms with Crippen LogP contribution in [0.15, 0.2) is 17.2 Å². The van der Waals surface area contributed by atoms with Crippen molar-refractivity contribution in [2.75, 3.05) is 13.1 Å². The Morgan fingerprint density at radius 3 is 2.42 bits per heavy atom. The number of piperidine rings is 1. The van der Waals surface area contributed by atoms with Gasteiger partial charge in [0.2, 0.25) is 10.0 Å². The highest BCUT2D eigenvalue weighted by Gasteiger charge is 2.29. The van der Waals surface area contributed by atoms with E-state index < -0.39 is 10.0 Å². The smallest absolute Gasteiger partial charge is 0.268 e. The van der Waals surface area contributed by atoms with Crippen LogP contribution in [0, 0.1) is 5.92 Å². The molecule has 2 heterocycles. The first-order chi connectivity index (χ1) is 12.4. The van der Waals surface area contributed by atoms with E-state index in [0.29, 0.717) is 18.8 Å². The number of sulfonamides is 1. The lowest BCUT2D eigenvalue weighted by Crippen LogP contribution is -2.38. The number of rotatable bonds is 5. The van der Waals surface area contributed by atoms with Crippen LogP contribution < -0.4 is 5.32 Å². The highest BCUT2D eigenvalue weighted by Crippen LogP contribution is 2.27. The standard InChI is InChI=1S/C19H31N3O3S/c1-3-15-7-9-16(10-8-15)20-19(23)18-13-17(14-21(18)2)26(24,25)22-11-5-4-6-12-22/h13-16H,3-12H2,1-2H3,(H,20,23). The predicted molar refractivity (Wildman–Crippen MR) is 102 cm³/mol. The van der Waals surface area contributed by atoms with Crippen molar-refractivity contribution in [1.82, 2.24) is 14.2 Å². The molecule has 1 aliphatic heterocycles. The Balaban J connectivity index is 1.68. The molecule has 0 bridgehead atoms. The SMILES string of the molecule is CCC1CCC(NC(=O)c2cc(S(=O)(=O)N3CCCCC3)cn2C)CC1. The first kappa shape index (κ1) is 19.4. The van der Waals surface area contributed by atoms with Gasteiger partial charge in [-0.2, -0.15) is 4.31 Å². The Morgan fingerprint density at radius 2 is 1.81 bits per heavy atom. The summed E-state index contributed by atoms with van der Waals surface area (Å²) >= 11 is 0. The van der Waals surface area contributed by atoms with E-state index in [-0.39, 0.29) is 16.8 Å². The van der Waals surface area contributed by atoms with Gasteiger partial charge in [-0.3, -0.25) is 4.79 Å². The Morgan fingerprint density at radius 1 is 1.15 bits per heavy atom. The maximum absolute atomic E-state index is 12.8. The van der Waals surface area contributed by atoms with Crippen LogP contribution in [-0.2, 0) is 17.1 Å². The zero-order valence-electron chi connectivity index (χ0n) is 15.9. The molecule has 1 aromatic rings. The number of nitrogens with one attached hydrogen (secondary N) is 1. The average Bonchev–Trinajstić information content (AvgIpc) is 3.06. The molecule has 3 rings (SSSR count). The molecular weight excluding hydrogens is 350 g/mol. The van der Waals surface area contributed by atoms with E-state index in [2.05, 4.69) is 12.2 Å². The number of aromatic nitrogens is 1. The number of amides is 1. The summed E-state index contributed by atoms with van der Waals surface area (Å²) in [5, 5.41) is 3.10. The first-order valence-electron chi connectivity index (χ1n) is 9.89. The fourth-order valence-electron chi connectivity index (χ4n) is 4.13. The van der Waals surface area contributed by atoms with Gasteiger partial charge >= 0.3 is 0 Å². The van der Waals surface area contributed by atoms with Gasteiger partial charge in [0.1, 0.15) is 10.6 Å². The van der Waals surface area contributed by atoms with Crippen LogP contribution in [0.4, 0.5) is 0 Å². The highest BCUT2D eigenvalue weighted by atomic mass is 32.2. The fourth-order valence-corrected chi connectivity index (χ4v) is 5.72. The van der Waals surface area contributed by atoms with E-state index >= 15 is 0 Å². The van der Waals surface area contributed by atoms with E-state index in [1.165, 1.54) is 12.5 Å². The summed E-state index contributed by atoms with van der Waals surface area (Å²) in [6.07, 6.45) is 9.98. The molecular formula is C19H31N3O3S. The third kappa shape index (κ3) is 4.14. The van der Waals surface area contributed by atoms with Crippen molar-refractivity contribution in [3.63, 3.8) is 0 Å². The van der Waals surface area contributed by atoms with Crippen LogP contribution in [0.1, 0.15) is 68.8 Å². The van der Waals surface area contributed by atoms with Crippen molar-refractivity contribution >= 4 is 15.9 Å². The molecule has 6 nitrogen and oxygen atoms in total. The molecule has 0 radical (unpaired) electrons. The molecule has 26 heavy (non-hydrogen) atoms. The Hall–Kier alpha value is -1.34. The summed E-state index contributed by atoms with van der Waals surface area (Å²) in [4.78, 5) is 12.9. The van der Waals surface area contributed by atoms with E-state index in [1.54, 1.807) is 22.1 Å². The predicted octanol–water partition coefficient (Wildman–Crippen LogP) is 2.90. The number of nitrogens with zero attached hydrogens (tertiary/aromatic N) is 2. The monoisotopic (exact) mass is 381 g/mol. The van der Waals surface area contributed by atoms with Gasteiger partial charge in [-0.1, -0.05) is 19.8 Å². The fraction of sp³-hybridized carbons (Fsp3) is 0.737. The molecule has 2 fully saturated rings. The Bertz CT molecular complexity index is 727. The normalized spacial score (nSPS) is 25.2. The van der Waals surface area contributed by atoms with Gasteiger partial charge in [-0.05, 0) is 50.5 Å². The van der Waals surface area contributed by atoms with E-state index in [1.807, 2.05) is 0 Å². The van der Waals surface area contributed by atoms with Gasteiger partial charge in [0.05, 0.1) is 0 Å². The molecule has 1 aliphatic carbocycles. The van der Waals surface area contributed by atoms with Crippen molar-refractivity contribution in [1.29, 1.82) is 0 Å². The molecule has 146 valence electrons. The summed E-state index contributed by atoms with van der Waals surface area (Å²) in [5.74, 6) is 0.604. The maximum Gasteiger partial charge on any atom is 0.268 e. The van der Waals surface area contributed by atoms with Gasteiger partial charge in [-0.15, -0.1) is 0 Å². The number of aryl methyl sites for hydroxylation is 1. The van der Waals surface area contributed by atoms with Crippen molar-refractivity contribution in [2.45, 2.75) is 69.2 Å². The molecule has 1 saturated carbocycles.